The van der Waals surface area contributed by atoms with Crippen molar-refractivity contribution in [1.29, 1.82) is 0 Å². The number of primary amides is 1. The molecule has 10 amide bonds. The fourth-order valence-corrected chi connectivity index (χ4v) is 11.5. The number of aromatic amines is 1. The molecule has 4 heterocycles. The highest BCUT2D eigenvalue weighted by molar-refractivity contribution is 7.98. The average molecular weight is 1190 g/mol. The number of fused-ring (bicyclic) bond motifs is 1. The number of amides is 10. The number of aliphatic hydroxyl groups is 2. The molecule has 3 aliphatic rings. The highest BCUT2D eigenvalue weighted by atomic mass is 32.2. The maximum absolute atomic E-state index is 14.5. The Bertz CT molecular complexity index is 2610. The second kappa shape index (κ2) is 31.8. The van der Waals surface area contributed by atoms with Crippen molar-refractivity contribution in [2.75, 3.05) is 50.3 Å². The molecule has 3 aliphatic heterocycles. The van der Waals surface area contributed by atoms with Gasteiger partial charge in [0, 0.05) is 43.2 Å². The van der Waals surface area contributed by atoms with Gasteiger partial charge in [-0.15, -0.1) is 0 Å². The van der Waals surface area contributed by atoms with Crippen molar-refractivity contribution in [3.05, 3.63) is 36.0 Å². The first-order valence-corrected chi connectivity index (χ1v) is 30.6. The molecule has 0 unspecified atom stereocenters. The third-order valence-corrected chi connectivity index (χ3v) is 16.2. The topological polar surface area (TPSA) is 398 Å². The monoisotopic (exact) mass is 1190 g/mol. The van der Waals surface area contributed by atoms with E-state index in [0.717, 1.165) is 21.4 Å². The summed E-state index contributed by atoms with van der Waals surface area (Å²) in [6.45, 7) is 4.08. The molecule has 0 radical (unpaired) electrons. The Kier molecular flexibility index (Phi) is 25.7. The summed E-state index contributed by atoms with van der Waals surface area (Å²) in [4.78, 5) is 157. The van der Waals surface area contributed by atoms with Gasteiger partial charge in [-0.3, -0.25) is 52.7 Å². The molecule has 3 fully saturated rings. The molecule has 5 rings (SSSR count). The van der Waals surface area contributed by atoms with Crippen LogP contribution in [0.25, 0.3) is 10.9 Å². The van der Waals surface area contributed by atoms with Gasteiger partial charge in [0.25, 0.3) is 0 Å². The van der Waals surface area contributed by atoms with Crippen molar-refractivity contribution in [1.82, 2.24) is 51.6 Å². The van der Waals surface area contributed by atoms with Crippen molar-refractivity contribution < 1.29 is 68.1 Å². The number of carboxylic acids is 1. The number of aliphatic carboxylic acids is 1. The minimum Gasteiger partial charge on any atom is -0.481 e. The zero-order valence-corrected chi connectivity index (χ0v) is 48.8. The molecule has 0 aliphatic carbocycles. The van der Waals surface area contributed by atoms with Gasteiger partial charge in [-0.2, -0.15) is 23.5 Å². The SMILES string of the molecule is CSCC[C@H](NC(=O)[C@@H]1CCCN1C(=O)[C@H](CCSC)NC(=O)[C@@H]1CCCN1C(=O)[C@H](CCC(=O)O)NC(=O)[C@@H]1CCCN1C(=O)[C@@H](NC(=O)[C@H](CO)NC(=O)[C@H](CC(C)C)NC(=O)[C@H](N)Cc1c[nH]c2ccccc12)[C@@H](C)O)C(N)=O. The summed E-state index contributed by atoms with van der Waals surface area (Å²) in [5.74, 6) is -8.00. The lowest BCUT2D eigenvalue weighted by molar-refractivity contribution is -0.146. The number of nitrogens with two attached hydrogens (primary N) is 2. The summed E-state index contributed by atoms with van der Waals surface area (Å²) in [5, 5.41) is 47.4. The molecular formula is C54H82N12O14S2. The number of aromatic nitrogens is 1. The normalized spacial score (nSPS) is 20.0. The van der Waals surface area contributed by atoms with Crippen LogP contribution < -0.4 is 43.4 Å². The van der Waals surface area contributed by atoms with E-state index in [1.54, 1.807) is 6.20 Å². The lowest BCUT2D eigenvalue weighted by atomic mass is 10.0. The summed E-state index contributed by atoms with van der Waals surface area (Å²) in [6, 6.07) is -5.09. The Morgan fingerprint density at radius 2 is 1.12 bits per heavy atom. The number of hydrogen-bond donors (Lipinski definition) is 12. The van der Waals surface area contributed by atoms with Crippen LogP contribution in [-0.4, -0.2) is 217 Å². The third kappa shape index (κ3) is 18.0. The number of para-hydroxylation sites is 1. The quantitative estimate of drug-likeness (QED) is 0.0396. The molecule has 82 heavy (non-hydrogen) atoms. The van der Waals surface area contributed by atoms with E-state index in [0.29, 0.717) is 37.2 Å². The first kappa shape index (κ1) is 66.3. The van der Waals surface area contributed by atoms with Gasteiger partial charge in [0.15, 0.2) is 0 Å². The number of benzene rings is 1. The minimum atomic E-state index is -1.72. The Balaban J connectivity index is 1.24. The number of carbonyl (C=O) groups excluding carboxylic acids is 10. The van der Waals surface area contributed by atoms with E-state index in [2.05, 4.69) is 36.9 Å². The number of rotatable bonds is 31. The van der Waals surface area contributed by atoms with E-state index in [1.165, 1.54) is 40.2 Å². The van der Waals surface area contributed by atoms with Crippen LogP contribution in [0, 0.1) is 5.92 Å². The Hall–Kier alpha value is -6.49. The molecule has 1 aromatic heterocycles. The number of nitrogens with one attached hydrogen (secondary N) is 7. The van der Waals surface area contributed by atoms with Crippen molar-refractivity contribution in [3.63, 3.8) is 0 Å². The molecule has 14 N–H and O–H groups in total. The van der Waals surface area contributed by atoms with E-state index in [4.69, 9.17) is 11.5 Å². The van der Waals surface area contributed by atoms with Crippen LogP contribution in [0.1, 0.15) is 97.0 Å². The van der Waals surface area contributed by atoms with E-state index in [-0.39, 0.29) is 64.1 Å². The van der Waals surface area contributed by atoms with Gasteiger partial charge >= 0.3 is 5.97 Å². The van der Waals surface area contributed by atoms with Crippen molar-refractivity contribution in [2.45, 2.75) is 164 Å². The molecular weight excluding hydrogens is 1100 g/mol. The van der Waals surface area contributed by atoms with E-state index < -0.39 is 151 Å². The zero-order valence-electron chi connectivity index (χ0n) is 47.2. The van der Waals surface area contributed by atoms with Gasteiger partial charge in [0.2, 0.25) is 59.1 Å². The Morgan fingerprint density at radius 3 is 1.61 bits per heavy atom. The van der Waals surface area contributed by atoms with Gasteiger partial charge in [-0.05, 0) is 119 Å². The molecule has 0 bridgehead atoms. The van der Waals surface area contributed by atoms with Crippen LogP contribution >= 0.6 is 23.5 Å². The summed E-state index contributed by atoms with van der Waals surface area (Å²) in [7, 11) is 0. The lowest BCUT2D eigenvalue weighted by Crippen LogP contribution is -2.62. The van der Waals surface area contributed by atoms with E-state index >= 15 is 0 Å². The summed E-state index contributed by atoms with van der Waals surface area (Å²) < 4.78 is 0. The van der Waals surface area contributed by atoms with E-state index in [9.17, 15) is 68.1 Å². The number of H-pyrrole nitrogens is 1. The minimum absolute atomic E-state index is 0.0390. The number of aliphatic hydroxyl groups excluding tert-OH is 2. The smallest absolute Gasteiger partial charge is 0.303 e. The van der Waals surface area contributed by atoms with Gasteiger partial charge in [-0.1, -0.05) is 32.0 Å². The summed E-state index contributed by atoms with van der Waals surface area (Å²) in [5.41, 5.74) is 13.5. The second-order valence-corrected chi connectivity index (χ2v) is 23.5. The largest absolute Gasteiger partial charge is 0.481 e. The molecule has 26 nitrogen and oxygen atoms in total. The predicted octanol–water partition coefficient (Wildman–Crippen LogP) is -1.81. The number of hydrogen-bond acceptors (Lipinski definition) is 16. The third-order valence-electron chi connectivity index (χ3n) is 14.9. The zero-order chi connectivity index (χ0) is 60.4. The van der Waals surface area contributed by atoms with Gasteiger partial charge < -0.3 is 78.4 Å². The summed E-state index contributed by atoms with van der Waals surface area (Å²) in [6.07, 6.45) is 5.20. The highest BCUT2D eigenvalue weighted by Gasteiger charge is 2.45. The molecule has 3 saturated heterocycles. The molecule has 11 atom stereocenters. The van der Waals surface area contributed by atoms with Crippen molar-refractivity contribution >= 4 is 99.5 Å². The number of nitrogens with zero attached hydrogens (tertiary/aromatic N) is 3. The number of thioether (sulfide) groups is 2. The predicted molar refractivity (Wildman–Crippen MR) is 306 cm³/mol. The van der Waals surface area contributed by atoms with Crippen LogP contribution in [0.3, 0.4) is 0 Å². The number of carboxylic acid groups (broad SMARTS) is 1. The van der Waals surface area contributed by atoms with E-state index in [1.807, 2.05) is 50.6 Å². The number of carbonyl (C=O) groups is 11. The average Bonchev–Trinajstić information content (AvgIpc) is 4.43. The molecule has 0 saturated carbocycles. The maximum atomic E-state index is 14.5. The second-order valence-electron chi connectivity index (χ2n) is 21.5. The van der Waals surface area contributed by atoms with Crippen LogP contribution in [0.2, 0.25) is 0 Å². The Morgan fingerprint density at radius 1 is 0.646 bits per heavy atom. The standard InChI is InChI=1S/C54H82N12O14S2/c1-29(2)25-38(61-46(72)33(55)26-31-27-57-34-12-7-6-11-32(31)34)47(73)62-39(28-67)48(74)63-44(30(3)68)54(80)66-22-10-15-42(66)51(77)59-36(16-17-43(69)70)52(78)64-20-9-14-41(64)50(76)60-37(19-24-82-5)53(79)65-21-8-13-40(65)49(75)58-35(45(56)71)18-23-81-4/h6-7,11-12,27,29-30,33,35-42,44,57,67-68H,8-10,13-26,28,55H2,1-5H3,(H2,56,71)(H,58,75)(H,59,77)(H,60,76)(H,61,72)(H,62,73)(H,63,74)(H,69,70)/t30-,33-,35+,36+,37+,38+,39+,40+,41+,42+,44+/m1/s1. The van der Waals surface area contributed by atoms with Gasteiger partial charge in [0.1, 0.15) is 54.4 Å². The first-order chi connectivity index (χ1) is 39.0. The Labute approximate surface area is 485 Å². The number of likely N-dealkylation sites (tertiary alicyclic amines) is 3. The molecule has 1 aromatic carbocycles. The molecule has 2 aromatic rings. The van der Waals surface area contributed by atoms with Crippen LogP contribution in [0.5, 0.6) is 0 Å². The fraction of sp³-hybridized carbons (Fsp3) is 0.648. The molecule has 28 heteroatoms. The fourth-order valence-electron chi connectivity index (χ4n) is 10.6. The summed E-state index contributed by atoms with van der Waals surface area (Å²) >= 11 is 2.90. The molecule has 454 valence electrons. The lowest BCUT2D eigenvalue weighted by Gasteiger charge is -2.33. The van der Waals surface area contributed by atoms with Crippen LogP contribution in [-0.2, 0) is 59.2 Å². The first-order valence-electron chi connectivity index (χ1n) is 27.8. The van der Waals surface area contributed by atoms with Gasteiger partial charge in [0.05, 0.1) is 18.8 Å². The van der Waals surface area contributed by atoms with Crippen molar-refractivity contribution in [3.8, 4) is 0 Å². The highest BCUT2D eigenvalue weighted by Crippen LogP contribution is 2.25. The van der Waals surface area contributed by atoms with Crippen molar-refractivity contribution in [2.24, 2.45) is 17.4 Å². The molecule has 0 spiro atoms. The van der Waals surface area contributed by atoms with Gasteiger partial charge in [-0.25, -0.2) is 0 Å². The van der Waals surface area contributed by atoms with Crippen LogP contribution in [0.4, 0.5) is 0 Å². The maximum Gasteiger partial charge on any atom is 0.303 e. The van der Waals surface area contributed by atoms with Crippen LogP contribution in [0.15, 0.2) is 30.5 Å².